The molecule has 4 nitrogen and oxygen atoms in total. The van der Waals surface area contributed by atoms with Crippen molar-refractivity contribution in [3.63, 3.8) is 0 Å². The molecule has 30 heavy (non-hydrogen) atoms. The molecule has 6 heteroatoms. The Kier molecular flexibility index (Phi) is 5.82. The third-order valence-corrected chi connectivity index (χ3v) is 4.72. The minimum Gasteiger partial charge on any atom is -0.259 e. The van der Waals surface area contributed by atoms with E-state index < -0.39 is 0 Å². The number of hydrazone groups is 1. The lowest BCUT2D eigenvalue weighted by molar-refractivity contribution is 0.628. The zero-order chi connectivity index (χ0) is 20.9. The Morgan fingerprint density at radius 2 is 1.60 bits per heavy atom. The van der Waals surface area contributed by atoms with Gasteiger partial charge in [0.05, 0.1) is 22.4 Å². The molecule has 0 unspecified atom stereocenters. The lowest BCUT2D eigenvalue weighted by Gasteiger charge is -2.08. The zero-order valence-electron chi connectivity index (χ0n) is 16.2. The Morgan fingerprint density at radius 3 is 2.30 bits per heavy atom. The van der Waals surface area contributed by atoms with Gasteiger partial charge in [-0.1, -0.05) is 41.9 Å². The minimum absolute atomic E-state index is 0.302. The van der Waals surface area contributed by atoms with Gasteiger partial charge in [0.15, 0.2) is 5.82 Å². The maximum atomic E-state index is 13.4. The average Bonchev–Trinajstić information content (AvgIpc) is 2.76. The van der Waals surface area contributed by atoms with Gasteiger partial charge < -0.3 is 0 Å². The largest absolute Gasteiger partial charge is 0.259 e. The van der Waals surface area contributed by atoms with Crippen LogP contribution in [0.1, 0.15) is 16.8 Å². The van der Waals surface area contributed by atoms with Crippen molar-refractivity contribution in [3.05, 3.63) is 107 Å². The molecular formula is C24H18ClFN4. The fourth-order valence-corrected chi connectivity index (χ4v) is 3.00. The number of aromatic nitrogens is 2. The van der Waals surface area contributed by atoms with Gasteiger partial charge in [0.25, 0.3) is 0 Å². The molecule has 0 saturated heterocycles. The van der Waals surface area contributed by atoms with E-state index in [2.05, 4.69) is 20.5 Å². The van der Waals surface area contributed by atoms with E-state index >= 15 is 0 Å². The Balaban J connectivity index is 1.68. The smallest absolute Gasteiger partial charge is 0.168 e. The Labute approximate surface area is 178 Å². The SMILES string of the molecule is Cc1nc2ccccc2nc1N/N=C(/C=C/c1ccc(Cl)cc1)c1ccc(F)cc1. The quantitative estimate of drug-likeness (QED) is 0.308. The van der Waals surface area contributed by atoms with Crippen molar-refractivity contribution < 1.29 is 4.39 Å². The maximum Gasteiger partial charge on any atom is 0.168 e. The molecule has 0 saturated carbocycles. The van der Waals surface area contributed by atoms with Crippen LogP contribution >= 0.6 is 11.6 Å². The van der Waals surface area contributed by atoms with Gasteiger partial charge in [-0.15, -0.1) is 0 Å². The van der Waals surface area contributed by atoms with Crippen LogP contribution < -0.4 is 5.43 Å². The fraction of sp³-hybridized carbons (Fsp3) is 0.0417. The van der Waals surface area contributed by atoms with Gasteiger partial charge in [-0.25, -0.2) is 14.4 Å². The van der Waals surface area contributed by atoms with Gasteiger partial charge in [-0.3, -0.25) is 5.43 Å². The highest BCUT2D eigenvalue weighted by Crippen LogP contribution is 2.17. The van der Waals surface area contributed by atoms with Crippen LogP contribution in [0, 0.1) is 12.7 Å². The van der Waals surface area contributed by atoms with Crippen LogP contribution in [0.15, 0.2) is 84.0 Å². The lowest BCUT2D eigenvalue weighted by Crippen LogP contribution is -2.04. The van der Waals surface area contributed by atoms with Gasteiger partial charge in [0.2, 0.25) is 0 Å². The fourth-order valence-electron chi connectivity index (χ4n) is 2.88. The molecule has 3 aromatic carbocycles. The van der Waals surface area contributed by atoms with Crippen LogP contribution in [-0.2, 0) is 0 Å². The summed E-state index contributed by atoms with van der Waals surface area (Å²) in [5, 5.41) is 5.20. The number of nitrogens with zero attached hydrogens (tertiary/aromatic N) is 3. The molecule has 0 amide bonds. The molecule has 0 bridgehead atoms. The second-order valence-corrected chi connectivity index (χ2v) is 7.08. The lowest BCUT2D eigenvalue weighted by atomic mass is 10.1. The molecule has 0 radical (unpaired) electrons. The second kappa shape index (κ2) is 8.84. The molecule has 1 aromatic heterocycles. The monoisotopic (exact) mass is 416 g/mol. The molecule has 4 rings (SSSR count). The molecular weight excluding hydrogens is 399 g/mol. The Bertz CT molecular complexity index is 1230. The number of allylic oxidation sites excluding steroid dienone is 1. The predicted molar refractivity (Wildman–Crippen MR) is 121 cm³/mol. The summed E-state index contributed by atoms with van der Waals surface area (Å²) in [4.78, 5) is 9.17. The van der Waals surface area contributed by atoms with Crippen molar-refractivity contribution in [1.82, 2.24) is 9.97 Å². The first kappa shape index (κ1) is 19.7. The molecule has 0 atom stereocenters. The number of hydrogen-bond donors (Lipinski definition) is 1. The summed E-state index contributed by atoms with van der Waals surface area (Å²) in [6.45, 7) is 1.87. The molecule has 0 aliphatic rings. The summed E-state index contributed by atoms with van der Waals surface area (Å²) in [5.74, 6) is 0.261. The van der Waals surface area contributed by atoms with Crippen molar-refractivity contribution in [3.8, 4) is 0 Å². The molecule has 1 N–H and O–H groups in total. The van der Waals surface area contributed by atoms with Crippen molar-refractivity contribution in [1.29, 1.82) is 0 Å². The van der Waals surface area contributed by atoms with Crippen molar-refractivity contribution in [2.75, 3.05) is 5.43 Å². The number of benzene rings is 3. The van der Waals surface area contributed by atoms with E-state index in [1.807, 2.05) is 67.6 Å². The first-order valence-corrected chi connectivity index (χ1v) is 9.73. The highest BCUT2D eigenvalue weighted by Gasteiger charge is 2.06. The van der Waals surface area contributed by atoms with Crippen LogP contribution in [0.4, 0.5) is 10.2 Å². The van der Waals surface area contributed by atoms with Crippen molar-refractivity contribution in [2.24, 2.45) is 5.10 Å². The number of halogens is 2. The van der Waals surface area contributed by atoms with Gasteiger partial charge in [0, 0.05) is 10.6 Å². The van der Waals surface area contributed by atoms with E-state index in [0.717, 1.165) is 27.9 Å². The number of rotatable bonds is 5. The van der Waals surface area contributed by atoms with E-state index in [9.17, 15) is 4.39 Å². The summed E-state index contributed by atoms with van der Waals surface area (Å²) in [7, 11) is 0. The van der Waals surface area contributed by atoms with Crippen molar-refractivity contribution >= 4 is 40.2 Å². The van der Waals surface area contributed by atoms with Gasteiger partial charge in [-0.05, 0) is 67.1 Å². The topological polar surface area (TPSA) is 50.2 Å². The highest BCUT2D eigenvalue weighted by atomic mass is 35.5. The predicted octanol–water partition coefficient (Wildman–Crippen LogP) is 6.26. The standard InChI is InChI=1S/C24H18ClFN4/c1-16-24(28-23-5-3-2-4-22(23)27-16)30-29-21(18-9-13-20(26)14-10-18)15-8-17-6-11-19(25)12-7-17/h2-15H,1H3,(H,28,30)/b15-8+,29-21-. The second-order valence-electron chi connectivity index (χ2n) is 6.65. The Hall–Kier alpha value is -3.57. The van der Waals surface area contributed by atoms with E-state index in [-0.39, 0.29) is 5.82 Å². The molecule has 0 aliphatic heterocycles. The zero-order valence-corrected chi connectivity index (χ0v) is 16.9. The highest BCUT2D eigenvalue weighted by molar-refractivity contribution is 6.30. The van der Waals surface area contributed by atoms with Gasteiger partial charge >= 0.3 is 0 Å². The number of fused-ring (bicyclic) bond motifs is 1. The minimum atomic E-state index is -0.302. The van der Waals surface area contributed by atoms with E-state index in [1.165, 1.54) is 12.1 Å². The normalized spacial score (nSPS) is 11.9. The van der Waals surface area contributed by atoms with Gasteiger partial charge in [-0.2, -0.15) is 5.10 Å². The summed E-state index contributed by atoms with van der Waals surface area (Å²) in [6, 6.07) is 21.3. The summed E-state index contributed by atoms with van der Waals surface area (Å²) >= 11 is 5.95. The summed E-state index contributed by atoms with van der Waals surface area (Å²) in [6.07, 6.45) is 3.77. The van der Waals surface area contributed by atoms with E-state index in [1.54, 1.807) is 12.1 Å². The number of para-hydroxylation sites is 2. The van der Waals surface area contributed by atoms with Crippen LogP contribution in [-0.4, -0.2) is 15.7 Å². The van der Waals surface area contributed by atoms with Crippen LogP contribution in [0.2, 0.25) is 5.02 Å². The maximum absolute atomic E-state index is 13.4. The first-order chi connectivity index (χ1) is 14.6. The molecule has 148 valence electrons. The van der Waals surface area contributed by atoms with E-state index in [4.69, 9.17) is 11.6 Å². The molecule has 0 spiro atoms. The molecule has 1 heterocycles. The molecule has 4 aromatic rings. The number of aryl methyl sites for hydroxylation is 1. The third-order valence-electron chi connectivity index (χ3n) is 4.47. The number of anilines is 1. The number of hydrogen-bond acceptors (Lipinski definition) is 4. The average molecular weight is 417 g/mol. The Morgan fingerprint density at radius 1 is 0.933 bits per heavy atom. The van der Waals surface area contributed by atoms with Crippen LogP contribution in [0.25, 0.3) is 17.1 Å². The first-order valence-electron chi connectivity index (χ1n) is 9.35. The summed E-state index contributed by atoms with van der Waals surface area (Å²) in [5.41, 5.74) is 7.71. The number of nitrogens with one attached hydrogen (secondary N) is 1. The molecule has 0 fully saturated rings. The van der Waals surface area contributed by atoms with Crippen molar-refractivity contribution in [2.45, 2.75) is 6.92 Å². The van der Waals surface area contributed by atoms with E-state index in [0.29, 0.717) is 16.6 Å². The van der Waals surface area contributed by atoms with Crippen LogP contribution in [0.3, 0.4) is 0 Å². The third kappa shape index (κ3) is 4.70. The van der Waals surface area contributed by atoms with Crippen LogP contribution in [0.5, 0.6) is 0 Å². The van der Waals surface area contributed by atoms with Gasteiger partial charge in [0.1, 0.15) is 5.82 Å². The summed E-state index contributed by atoms with van der Waals surface area (Å²) < 4.78 is 13.4. The molecule has 0 aliphatic carbocycles.